The van der Waals surface area contributed by atoms with E-state index in [4.69, 9.17) is 9.47 Å². The minimum absolute atomic E-state index is 0.0523. The lowest BCUT2D eigenvalue weighted by atomic mass is 10.1. The third kappa shape index (κ3) is 9.63. The van der Waals surface area contributed by atoms with Gasteiger partial charge in [-0.25, -0.2) is 0 Å². The fraction of sp³-hybridized carbons (Fsp3) is 0.278. The molecule has 0 aliphatic carbocycles. The van der Waals surface area contributed by atoms with Crippen molar-refractivity contribution in [3.8, 4) is 11.5 Å². The molecule has 1 fully saturated rings. The third-order valence-corrected chi connectivity index (χ3v) is 7.59. The van der Waals surface area contributed by atoms with Crippen LogP contribution in [0.5, 0.6) is 11.5 Å². The Balaban J connectivity index is 1.02. The summed E-state index contributed by atoms with van der Waals surface area (Å²) in [6.07, 6.45) is -1.48. The number of benzene rings is 4. The number of carbonyl (C=O) groups is 2. The molecule has 0 aromatic heterocycles. The van der Waals surface area contributed by atoms with Crippen LogP contribution in [0.2, 0.25) is 0 Å². The second-order valence-electron chi connectivity index (χ2n) is 11.2. The van der Waals surface area contributed by atoms with Gasteiger partial charge in [0.1, 0.15) is 36.9 Å². The fourth-order valence-electron chi connectivity index (χ4n) is 5.23. The first kappa shape index (κ1) is 32.6. The summed E-state index contributed by atoms with van der Waals surface area (Å²) in [5.74, 6) is 0.265. The Morgan fingerprint density at radius 1 is 0.565 bits per heavy atom. The molecule has 2 unspecified atom stereocenters. The Kier molecular flexibility index (Phi) is 11.7. The van der Waals surface area contributed by atoms with E-state index < -0.39 is 12.2 Å². The van der Waals surface area contributed by atoms with Gasteiger partial charge in [0, 0.05) is 50.6 Å². The topological polar surface area (TPSA) is 124 Å². The summed E-state index contributed by atoms with van der Waals surface area (Å²) >= 11 is 0. The van der Waals surface area contributed by atoms with Gasteiger partial charge in [-0.15, -0.1) is 0 Å². The van der Waals surface area contributed by atoms with Crippen molar-refractivity contribution in [3.63, 3.8) is 0 Å². The maximum atomic E-state index is 12.8. The molecule has 2 amide bonds. The van der Waals surface area contributed by atoms with E-state index in [9.17, 15) is 19.8 Å². The molecule has 2 atom stereocenters. The summed E-state index contributed by atoms with van der Waals surface area (Å²) in [6, 6.07) is 32.4. The average Bonchev–Trinajstić information content (AvgIpc) is 3.08. The molecule has 46 heavy (non-hydrogen) atoms. The molecule has 1 heterocycles. The van der Waals surface area contributed by atoms with E-state index in [0.717, 1.165) is 26.2 Å². The van der Waals surface area contributed by atoms with Gasteiger partial charge in [-0.3, -0.25) is 19.4 Å². The largest absolute Gasteiger partial charge is 0.490 e. The molecular weight excluding hydrogens is 584 g/mol. The molecule has 4 N–H and O–H groups in total. The molecule has 1 saturated heterocycles. The van der Waals surface area contributed by atoms with Gasteiger partial charge >= 0.3 is 0 Å². The van der Waals surface area contributed by atoms with Gasteiger partial charge in [0.15, 0.2) is 0 Å². The minimum Gasteiger partial charge on any atom is -0.490 e. The number of amides is 2. The Hall–Kier alpha value is -4.74. The number of anilines is 2. The number of aliphatic hydroxyl groups excluding tert-OH is 2. The van der Waals surface area contributed by atoms with Gasteiger partial charge in [-0.2, -0.15) is 0 Å². The second-order valence-corrected chi connectivity index (χ2v) is 11.2. The molecule has 0 spiro atoms. The summed E-state index contributed by atoms with van der Waals surface area (Å²) in [6.45, 7) is 3.87. The lowest BCUT2D eigenvalue weighted by Crippen LogP contribution is -2.51. The van der Waals surface area contributed by atoms with Crippen molar-refractivity contribution in [1.29, 1.82) is 0 Å². The number of hydrogen-bond donors (Lipinski definition) is 4. The van der Waals surface area contributed by atoms with Crippen LogP contribution in [0.15, 0.2) is 109 Å². The predicted molar refractivity (Wildman–Crippen MR) is 178 cm³/mol. The summed E-state index contributed by atoms with van der Waals surface area (Å²) < 4.78 is 11.7. The van der Waals surface area contributed by atoms with E-state index in [1.165, 1.54) is 0 Å². The lowest BCUT2D eigenvalue weighted by Gasteiger charge is -2.36. The lowest BCUT2D eigenvalue weighted by molar-refractivity contribution is 0.0239. The van der Waals surface area contributed by atoms with E-state index in [1.807, 2.05) is 60.7 Å². The molecule has 4 aromatic carbocycles. The Morgan fingerprint density at radius 3 is 1.30 bits per heavy atom. The van der Waals surface area contributed by atoms with Crippen molar-refractivity contribution in [2.75, 3.05) is 63.1 Å². The molecule has 0 saturated carbocycles. The smallest absolute Gasteiger partial charge is 0.259 e. The predicted octanol–water partition coefficient (Wildman–Crippen LogP) is 3.99. The van der Waals surface area contributed by atoms with E-state index >= 15 is 0 Å². The highest BCUT2D eigenvalue weighted by molar-refractivity contribution is 6.06. The number of nitrogens with zero attached hydrogens (tertiary/aromatic N) is 2. The standard InChI is InChI=1S/C36H40N4O6/c41-29(25-45-33-17-9-7-15-31(33)35(43)37-27-11-3-1-4-12-27)23-39-19-21-40(22-20-39)24-30(42)26-46-34-18-10-8-16-32(34)36(44)38-28-13-5-2-6-14-28/h1-18,29-30,41-42H,19-26H2,(H,37,43)(H,38,44). The second kappa shape index (κ2) is 16.5. The number of rotatable bonds is 14. The van der Waals surface area contributed by atoms with Crippen LogP contribution in [0.25, 0.3) is 0 Å². The Morgan fingerprint density at radius 2 is 0.913 bits per heavy atom. The van der Waals surface area contributed by atoms with E-state index in [2.05, 4.69) is 20.4 Å². The van der Waals surface area contributed by atoms with Gasteiger partial charge in [0.2, 0.25) is 0 Å². The van der Waals surface area contributed by atoms with Crippen LogP contribution in [0.1, 0.15) is 20.7 Å². The van der Waals surface area contributed by atoms with Crippen LogP contribution in [-0.2, 0) is 0 Å². The first-order chi connectivity index (χ1) is 22.4. The van der Waals surface area contributed by atoms with Crippen molar-refractivity contribution in [2.45, 2.75) is 12.2 Å². The minimum atomic E-state index is -0.741. The van der Waals surface area contributed by atoms with Crippen LogP contribution in [0, 0.1) is 0 Å². The number of piperazine rings is 1. The highest BCUT2D eigenvalue weighted by atomic mass is 16.5. The highest BCUT2D eigenvalue weighted by Gasteiger charge is 2.23. The van der Waals surface area contributed by atoms with Gasteiger partial charge < -0.3 is 30.3 Å². The van der Waals surface area contributed by atoms with Gasteiger partial charge in [-0.05, 0) is 48.5 Å². The fourth-order valence-corrected chi connectivity index (χ4v) is 5.23. The summed E-state index contributed by atoms with van der Waals surface area (Å²) in [7, 11) is 0. The molecule has 1 aliphatic rings. The van der Waals surface area contributed by atoms with Crippen LogP contribution >= 0.6 is 0 Å². The molecule has 1 aliphatic heterocycles. The van der Waals surface area contributed by atoms with E-state index in [1.54, 1.807) is 48.5 Å². The molecule has 0 radical (unpaired) electrons. The average molecular weight is 625 g/mol. The number of nitrogens with one attached hydrogen (secondary N) is 2. The maximum absolute atomic E-state index is 12.8. The Labute approximate surface area is 269 Å². The number of aliphatic hydroxyl groups is 2. The van der Waals surface area contributed by atoms with E-state index in [0.29, 0.717) is 47.1 Å². The monoisotopic (exact) mass is 624 g/mol. The number of para-hydroxylation sites is 4. The molecule has 0 bridgehead atoms. The zero-order valence-corrected chi connectivity index (χ0v) is 25.6. The first-order valence-corrected chi connectivity index (χ1v) is 15.4. The third-order valence-electron chi connectivity index (χ3n) is 7.59. The number of carbonyl (C=O) groups excluding carboxylic acids is 2. The Bertz CT molecular complexity index is 1430. The molecule has 10 nitrogen and oxygen atoms in total. The van der Waals surface area contributed by atoms with Crippen molar-refractivity contribution in [1.82, 2.24) is 9.80 Å². The van der Waals surface area contributed by atoms with Crippen molar-refractivity contribution < 1.29 is 29.3 Å². The van der Waals surface area contributed by atoms with E-state index in [-0.39, 0.29) is 25.0 Å². The van der Waals surface area contributed by atoms with Crippen LogP contribution in [0.4, 0.5) is 11.4 Å². The van der Waals surface area contributed by atoms with Crippen LogP contribution < -0.4 is 20.1 Å². The zero-order chi connectivity index (χ0) is 32.1. The highest BCUT2D eigenvalue weighted by Crippen LogP contribution is 2.22. The summed E-state index contributed by atoms with van der Waals surface area (Å²) in [4.78, 5) is 29.9. The van der Waals surface area contributed by atoms with Crippen molar-refractivity contribution in [2.24, 2.45) is 0 Å². The van der Waals surface area contributed by atoms with Crippen LogP contribution in [-0.4, -0.2) is 96.5 Å². The first-order valence-electron chi connectivity index (χ1n) is 15.4. The number of ether oxygens (including phenoxy) is 2. The van der Waals surface area contributed by atoms with Gasteiger partial charge in [0.05, 0.1) is 11.1 Å². The molecular formula is C36H40N4O6. The maximum Gasteiger partial charge on any atom is 0.259 e. The van der Waals surface area contributed by atoms with Crippen LogP contribution in [0.3, 0.4) is 0 Å². The van der Waals surface area contributed by atoms with Crippen molar-refractivity contribution >= 4 is 23.2 Å². The molecule has 240 valence electrons. The molecule has 5 rings (SSSR count). The SMILES string of the molecule is O=C(Nc1ccccc1)c1ccccc1OCC(O)CN1CCN(CC(O)COc2ccccc2C(=O)Nc2ccccc2)CC1. The van der Waals surface area contributed by atoms with Gasteiger partial charge in [-0.1, -0.05) is 60.7 Å². The van der Waals surface area contributed by atoms with Gasteiger partial charge in [0.25, 0.3) is 11.8 Å². The zero-order valence-electron chi connectivity index (χ0n) is 25.6. The molecule has 10 heteroatoms. The molecule has 4 aromatic rings. The summed E-state index contributed by atoms with van der Waals surface area (Å²) in [5, 5.41) is 27.1. The quantitative estimate of drug-likeness (QED) is 0.166. The summed E-state index contributed by atoms with van der Waals surface area (Å²) in [5.41, 5.74) is 2.17. The number of β-amino-alcohol motifs (C(OH)–C–C–N with tert-alkyl or cyclic N) is 2. The normalized spacial score (nSPS) is 15.0. The number of hydrogen-bond acceptors (Lipinski definition) is 8. The van der Waals surface area contributed by atoms with Crippen molar-refractivity contribution in [3.05, 3.63) is 120 Å².